The Morgan fingerprint density at radius 2 is 1.89 bits per heavy atom. The van der Waals surface area contributed by atoms with E-state index in [0.29, 0.717) is 34.6 Å². The predicted molar refractivity (Wildman–Crippen MR) is 111 cm³/mol. The van der Waals surface area contributed by atoms with Gasteiger partial charge in [-0.1, -0.05) is 23.7 Å². The first-order valence-corrected chi connectivity index (χ1v) is 9.21. The highest BCUT2D eigenvalue weighted by Crippen LogP contribution is 2.16. The third-order valence-electron chi connectivity index (χ3n) is 4.03. The molecule has 0 aliphatic carbocycles. The average molecular weight is 397 g/mol. The van der Waals surface area contributed by atoms with Gasteiger partial charge in [-0.15, -0.1) is 0 Å². The highest BCUT2D eigenvalue weighted by molar-refractivity contribution is 6.30. The van der Waals surface area contributed by atoms with Gasteiger partial charge in [0.2, 0.25) is 0 Å². The van der Waals surface area contributed by atoms with Crippen LogP contribution >= 0.6 is 11.6 Å². The molecular weight excluding hydrogens is 376 g/mol. The maximum Gasteiger partial charge on any atom is 0.274 e. The van der Waals surface area contributed by atoms with Crippen LogP contribution in [0.4, 0.5) is 11.5 Å². The van der Waals surface area contributed by atoms with E-state index < -0.39 is 0 Å². The quantitative estimate of drug-likeness (QED) is 0.620. The van der Waals surface area contributed by atoms with Crippen LogP contribution in [0.3, 0.4) is 0 Å². The van der Waals surface area contributed by atoms with Crippen LogP contribution in [0.2, 0.25) is 5.02 Å². The second kappa shape index (κ2) is 9.19. The summed E-state index contributed by atoms with van der Waals surface area (Å²) in [6.45, 7) is 2.42. The molecule has 0 aliphatic heterocycles. The number of aromatic nitrogens is 2. The van der Waals surface area contributed by atoms with Gasteiger partial charge in [0.15, 0.2) is 0 Å². The van der Waals surface area contributed by atoms with Crippen molar-refractivity contribution in [3.05, 3.63) is 76.7 Å². The van der Waals surface area contributed by atoms with Crippen LogP contribution < -0.4 is 15.4 Å². The molecule has 7 heteroatoms. The molecule has 0 saturated carbocycles. The Labute approximate surface area is 168 Å². The van der Waals surface area contributed by atoms with E-state index in [-0.39, 0.29) is 5.91 Å². The predicted octanol–water partition coefficient (Wildman–Crippen LogP) is 4.35. The Morgan fingerprint density at radius 3 is 2.61 bits per heavy atom. The van der Waals surface area contributed by atoms with Crippen LogP contribution in [0.5, 0.6) is 5.75 Å². The molecule has 6 nitrogen and oxygen atoms in total. The monoisotopic (exact) mass is 396 g/mol. The molecule has 0 aliphatic rings. The molecule has 0 radical (unpaired) electrons. The summed E-state index contributed by atoms with van der Waals surface area (Å²) in [4.78, 5) is 21.1. The van der Waals surface area contributed by atoms with Crippen LogP contribution in [0.1, 0.15) is 21.9 Å². The summed E-state index contributed by atoms with van der Waals surface area (Å²) in [6.07, 6.45) is 0.789. The third-order valence-corrected chi connectivity index (χ3v) is 4.26. The van der Waals surface area contributed by atoms with Gasteiger partial charge in [0.25, 0.3) is 5.91 Å². The molecule has 0 atom stereocenters. The maximum absolute atomic E-state index is 12.5. The Kier molecular flexibility index (Phi) is 6.45. The second-order valence-electron chi connectivity index (χ2n) is 6.17. The highest BCUT2D eigenvalue weighted by atomic mass is 35.5. The SMILES string of the molecule is COc1ccc(NC(=O)c2cc(NCCc3cccc(Cl)c3)nc(C)n2)cc1. The molecule has 2 N–H and O–H groups in total. The zero-order valence-electron chi connectivity index (χ0n) is 15.7. The normalized spacial score (nSPS) is 10.4. The third kappa shape index (κ3) is 5.44. The number of ether oxygens (including phenoxy) is 1. The van der Waals surface area contributed by atoms with Crippen molar-refractivity contribution in [2.45, 2.75) is 13.3 Å². The number of aryl methyl sites for hydroxylation is 1. The number of hydrogen-bond donors (Lipinski definition) is 2. The van der Waals surface area contributed by atoms with Crippen LogP contribution in [0.15, 0.2) is 54.6 Å². The van der Waals surface area contributed by atoms with Crippen LogP contribution in [0.25, 0.3) is 0 Å². The minimum Gasteiger partial charge on any atom is -0.497 e. The van der Waals surface area contributed by atoms with Gasteiger partial charge in [-0.3, -0.25) is 4.79 Å². The lowest BCUT2D eigenvalue weighted by Crippen LogP contribution is -2.16. The van der Waals surface area contributed by atoms with Crippen molar-refractivity contribution in [2.75, 3.05) is 24.3 Å². The Bertz CT molecular complexity index is 961. The summed E-state index contributed by atoms with van der Waals surface area (Å²) < 4.78 is 5.12. The zero-order chi connectivity index (χ0) is 19.9. The van der Waals surface area contributed by atoms with E-state index in [9.17, 15) is 4.79 Å². The number of carbonyl (C=O) groups is 1. The van der Waals surface area contributed by atoms with Crippen molar-refractivity contribution in [1.29, 1.82) is 0 Å². The van der Waals surface area contributed by atoms with Crippen LogP contribution in [-0.4, -0.2) is 29.5 Å². The number of anilines is 2. The van der Waals surface area contributed by atoms with Gasteiger partial charge in [0.1, 0.15) is 23.1 Å². The van der Waals surface area contributed by atoms with E-state index in [2.05, 4.69) is 20.6 Å². The molecule has 28 heavy (non-hydrogen) atoms. The molecule has 2 aromatic carbocycles. The van der Waals surface area contributed by atoms with Crippen LogP contribution in [0, 0.1) is 6.92 Å². The number of hydrogen-bond acceptors (Lipinski definition) is 5. The fourth-order valence-electron chi connectivity index (χ4n) is 2.67. The van der Waals surface area contributed by atoms with E-state index in [0.717, 1.165) is 17.7 Å². The number of nitrogens with one attached hydrogen (secondary N) is 2. The standard InChI is InChI=1S/C21H21ClN4O2/c1-14-24-19(21(27)26-17-6-8-18(28-2)9-7-17)13-20(25-14)23-11-10-15-4-3-5-16(22)12-15/h3-9,12-13H,10-11H2,1-2H3,(H,26,27)(H,23,24,25). The molecule has 0 spiro atoms. The maximum atomic E-state index is 12.5. The number of methoxy groups -OCH3 is 1. The van der Waals surface area contributed by atoms with Gasteiger partial charge in [-0.2, -0.15) is 0 Å². The van der Waals surface area contributed by atoms with Gasteiger partial charge in [0, 0.05) is 23.3 Å². The molecule has 3 rings (SSSR count). The first-order valence-electron chi connectivity index (χ1n) is 8.83. The summed E-state index contributed by atoms with van der Waals surface area (Å²) in [6, 6.07) is 16.5. The summed E-state index contributed by atoms with van der Waals surface area (Å²) in [7, 11) is 1.60. The summed E-state index contributed by atoms with van der Waals surface area (Å²) in [5, 5.41) is 6.78. The zero-order valence-corrected chi connectivity index (χ0v) is 16.5. The van der Waals surface area contributed by atoms with Gasteiger partial charge in [0.05, 0.1) is 7.11 Å². The van der Waals surface area contributed by atoms with E-state index in [1.807, 2.05) is 24.3 Å². The Hall–Kier alpha value is -3.12. The van der Waals surface area contributed by atoms with E-state index >= 15 is 0 Å². The summed E-state index contributed by atoms with van der Waals surface area (Å²) in [5.74, 6) is 1.55. The topological polar surface area (TPSA) is 76.1 Å². The van der Waals surface area contributed by atoms with Crippen molar-refractivity contribution in [3.8, 4) is 5.75 Å². The smallest absolute Gasteiger partial charge is 0.274 e. The fourth-order valence-corrected chi connectivity index (χ4v) is 2.88. The van der Waals surface area contributed by atoms with Crippen molar-refractivity contribution in [1.82, 2.24) is 9.97 Å². The Balaban J connectivity index is 1.63. The van der Waals surface area contributed by atoms with E-state index in [1.54, 1.807) is 44.4 Å². The first-order chi connectivity index (χ1) is 13.5. The number of rotatable bonds is 7. The number of nitrogens with zero attached hydrogens (tertiary/aromatic N) is 2. The fraction of sp³-hybridized carbons (Fsp3) is 0.190. The molecule has 0 fully saturated rings. The minimum atomic E-state index is -0.298. The number of halogens is 1. The Morgan fingerprint density at radius 1 is 1.11 bits per heavy atom. The molecule has 0 unspecified atom stereocenters. The largest absolute Gasteiger partial charge is 0.497 e. The minimum absolute atomic E-state index is 0.298. The first kappa shape index (κ1) is 19.6. The molecule has 144 valence electrons. The lowest BCUT2D eigenvalue weighted by atomic mass is 10.1. The van der Waals surface area contributed by atoms with E-state index in [1.165, 1.54) is 0 Å². The molecule has 1 heterocycles. The molecular formula is C21H21ClN4O2. The van der Waals surface area contributed by atoms with Gasteiger partial charge in [-0.25, -0.2) is 9.97 Å². The highest BCUT2D eigenvalue weighted by Gasteiger charge is 2.11. The number of carbonyl (C=O) groups excluding carboxylic acids is 1. The van der Waals surface area contributed by atoms with Gasteiger partial charge < -0.3 is 15.4 Å². The lowest BCUT2D eigenvalue weighted by Gasteiger charge is -2.10. The molecule has 0 saturated heterocycles. The van der Waals surface area contributed by atoms with Gasteiger partial charge in [-0.05, 0) is 55.3 Å². The van der Waals surface area contributed by atoms with Crippen LogP contribution in [-0.2, 0) is 6.42 Å². The van der Waals surface area contributed by atoms with E-state index in [4.69, 9.17) is 16.3 Å². The molecule has 1 aromatic heterocycles. The van der Waals surface area contributed by atoms with Crippen molar-refractivity contribution >= 4 is 29.0 Å². The number of benzene rings is 2. The number of amides is 1. The molecule has 0 bridgehead atoms. The summed E-state index contributed by atoms with van der Waals surface area (Å²) >= 11 is 6.01. The van der Waals surface area contributed by atoms with Crippen molar-refractivity contribution in [2.24, 2.45) is 0 Å². The molecule has 1 amide bonds. The van der Waals surface area contributed by atoms with Crippen molar-refractivity contribution in [3.63, 3.8) is 0 Å². The average Bonchev–Trinajstić information content (AvgIpc) is 2.68. The van der Waals surface area contributed by atoms with Crippen molar-refractivity contribution < 1.29 is 9.53 Å². The molecule has 3 aromatic rings. The second-order valence-corrected chi connectivity index (χ2v) is 6.61. The van der Waals surface area contributed by atoms with Gasteiger partial charge >= 0.3 is 0 Å². The summed E-state index contributed by atoms with van der Waals surface area (Å²) in [5.41, 5.74) is 2.09. The lowest BCUT2D eigenvalue weighted by molar-refractivity contribution is 0.102.